The fourth-order valence-electron chi connectivity index (χ4n) is 3.62. The highest BCUT2D eigenvalue weighted by Gasteiger charge is 2.27. The fraction of sp³-hybridized carbons (Fsp3) is 0.217. The highest BCUT2D eigenvalue weighted by Crippen LogP contribution is 2.24. The fourth-order valence-corrected chi connectivity index (χ4v) is 5.04. The average Bonchev–Trinajstić information content (AvgIpc) is 2.85. The molecule has 0 aliphatic carbocycles. The van der Waals surface area contributed by atoms with Crippen LogP contribution >= 0.6 is 0 Å². The maximum atomic E-state index is 13.0. The highest BCUT2D eigenvalue weighted by atomic mass is 32.2. The summed E-state index contributed by atoms with van der Waals surface area (Å²) in [6, 6.07) is 12.4. The lowest BCUT2D eigenvalue weighted by molar-refractivity contribution is 0.0995. The van der Waals surface area contributed by atoms with Gasteiger partial charge in [0.25, 0.3) is 5.91 Å². The van der Waals surface area contributed by atoms with Crippen molar-refractivity contribution in [3.63, 3.8) is 0 Å². The van der Waals surface area contributed by atoms with Crippen molar-refractivity contribution in [3.05, 3.63) is 66.0 Å². The van der Waals surface area contributed by atoms with E-state index in [-0.39, 0.29) is 22.0 Å². The van der Waals surface area contributed by atoms with Gasteiger partial charge in [-0.25, -0.2) is 18.4 Å². The monoisotopic (exact) mass is 495 g/mol. The summed E-state index contributed by atoms with van der Waals surface area (Å²) in [7, 11) is -1.65. The molecule has 0 unspecified atom stereocenters. The molecule has 1 aliphatic heterocycles. The minimum atomic E-state index is -3.60. The Bertz CT molecular complexity index is 1370. The Kier molecular flexibility index (Phi) is 6.78. The maximum Gasteiger partial charge on any atom is 0.278 e. The number of primary amides is 1. The lowest BCUT2D eigenvalue weighted by Gasteiger charge is -2.31. The smallest absolute Gasteiger partial charge is 0.278 e. The number of amides is 2. The van der Waals surface area contributed by atoms with E-state index in [0.717, 1.165) is 0 Å². The summed E-state index contributed by atoms with van der Waals surface area (Å²) in [6.07, 6.45) is 1.41. The number of hydrogen-bond acceptors (Lipinski definition) is 8. The van der Waals surface area contributed by atoms with E-state index in [0.29, 0.717) is 43.1 Å². The lowest BCUT2D eigenvalue weighted by atomic mass is 10.1. The molecular weight excluding hydrogens is 470 g/mol. The van der Waals surface area contributed by atoms with Crippen molar-refractivity contribution in [2.24, 2.45) is 5.73 Å². The van der Waals surface area contributed by atoms with Crippen LogP contribution in [-0.4, -0.2) is 72.6 Å². The Labute approximate surface area is 202 Å². The van der Waals surface area contributed by atoms with Gasteiger partial charge in [-0.15, -0.1) is 0 Å². The summed E-state index contributed by atoms with van der Waals surface area (Å²) in [5.74, 6) is -1.32. The number of benzene rings is 2. The second-order valence-electron chi connectivity index (χ2n) is 8.12. The van der Waals surface area contributed by atoms with E-state index >= 15 is 0 Å². The van der Waals surface area contributed by atoms with Crippen molar-refractivity contribution < 1.29 is 18.0 Å². The third kappa shape index (κ3) is 5.29. The van der Waals surface area contributed by atoms with Crippen LogP contribution in [0.25, 0.3) is 11.3 Å². The molecule has 12 heteroatoms. The minimum Gasteiger partial charge on any atom is -0.382 e. The van der Waals surface area contributed by atoms with E-state index in [1.165, 1.54) is 34.8 Å². The molecule has 2 heterocycles. The second kappa shape index (κ2) is 9.78. The van der Waals surface area contributed by atoms with E-state index in [2.05, 4.69) is 20.2 Å². The second-order valence-corrected chi connectivity index (χ2v) is 10.1. The quantitative estimate of drug-likeness (QED) is 0.456. The number of piperazine rings is 1. The van der Waals surface area contributed by atoms with Gasteiger partial charge in [-0.2, -0.15) is 4.31 Å². The van der Waals surface area contributed by atoms with Crippen molar-refractivity contribution in [3.8, 4) is 11.3 Å². The molecule has 2 amide bonds. The van der Waals surface area contributed by atoms with Gasteiger partial charge in [0, 0.05) is 43.0 Å². The summed E-state index contributed by atoms with van der Waals surface area (Å²) in [5, 5.41) is 2.62. The first-order valence-electron chi connectivity index (χ1n) is 10.8. The van der Waals surface area contributed by atoms with E-state index in [4.69, 9.17) is 11.5 Å². The third-order valence-corrected chi connectivity index (χ3v) is 7.58. The van der Waals surface area contributed by atoms with Gasteiger partial charge in [-0.3, -0.25) is 9.59 Å². The van der Waals surface area contributed by atoms with Gasteiger partial charge >= 0.3 is 0 Å². The molecule has 4 rings (SSSR count). The molecule has 0 atom stereocenters. The van der Waals surface area contributed by atoms with Crippen LogP contribution in [0.2, 0.25) is 0 Å². The molecule has 0 saturated carbocycles. The van der Waals surface area contributed by atoms with Crippen LogP contribution in [0.3, 0.4) is 0 Å². The number of nitrogens with zero attached hydrogens (tertiary/aromatic N) is 4. The number of nitrogen functional groups attached to an aromatic ring is 1. The molecule has 5 N–H and O–H groups in total. The number of nitrogens with one attached hydrogen (secondary N) is 1. The number of sulfonamides is 1. The highest BCUT2D eigenvalue weighted by molar-refractivity contribution is 7.89. The maximum absolute atomic E-state index is 13.0. The van der Waals surface area contributed by atoms with Gasteiger partial charge < -0.3 is 21.7 Å². The largest absolute Gasteiger partial charge is 0.382 e. The number of hydrogen-bond donors (Lipinski definition) is 3. The van der Waals surface area contributed by atoms with Crippen LogP contribution in [0.5, 0.6) is 0 Å². The van der Waals surface area contributed by atoms with Crippen molar-refractivity contribution in [2.45, 2.75) is 4.90 Å². The van der Waals surface area contributed by atoms with Crippen molar-refractivity contribution in [1.29, 1.82) is 0 Å². The van der Waals surface area contributed by atoms with E-state index in [1.54, 1.807) is 24.3 Å². The predicted octanol–water partition coefficient (Wildman–Crippen LogP) is 1.01. The lowest BCUT2D eigenvalue weighted by Crippen LogP contribution is -2.46. The summed E-state index contributed by atoms with van der Waals surface area (Å²) in [5.41, 5.74) is 12.5. The van der Waals surface area contributed by atoms with Crippen molar-refractivity contribution >= 4 is 33.3 Å². The van der Waals surface area contributed by atoms with Crippen LogP contribution < -0.4 is 16.8 Å². The molecule has 182 valence electrons. The Morgan fingerprint density at radius 3 is 2.37 bits per heavy atom. The van der Waals surface area contributed by atoms with Crippen molar-refractivity contribution in [1.82, 2.24) is 19.2 Å². The summed E-state index contributed by atoms with van der Waals surface area (Å²) in [4.78, 5) is 34.8. The van der Waals surface area contributed by atoms with Gasteiger partial charge in [0.2, 0.25) is 15.9 Å². The number of anilines is 2. The molecular formula is C23H25N7O4S. The first-order valence-corrected chi connectivity index (χ1v) is 12.2. The summed E-state index contributed by atoms with van der Waals surface area (Å²) in [6.45, 7) is 2.22. The molecule has 2 aromatic carbocycles. The molecule has 0 radical (unpaired) electrons. The Morgan fingerprint density at radius 1 is 1.03 bits per heavy atom. The van der Waals surface area contributed by atoms with E-state index in [9.17, 15) is 18.0 Å². The summed E-state index contributed by atoms with van der Waals surface area (Å²) < 4.78 is 27.4. The van der Waals surface area contributed by atoms with Gasteiger partial charge in [0.05, 0.1) is 16.8 Å². The number of aromatic nitrogens is 2. The third-order valence-electron chi connectivity index (χ3n) is 5.67. The molecule has 11 nitrogen and oxygen atoms in total. The zero-order valence-corrected chi connectivity index (χ0v) is 19.8. The Hall–Kier alpha value is -3.87. The van der Waals surface area contributed by atoms with Gasteiger partial charge in [-0.1, -0.05) is 18.2 Å². The SMILES string of the molecule is CN1CCN(S(=O)(=O)c2ccc(-c3cnc(N)c(C(=O)Nc4cccc(C(N)=O)c4)n3)cc2)CC1. The minimum absolute atomic E-state index is 0.0772. The van der Waals surface area contributed by atoms with Crippen LogP contribution in [0, 0.1) is 0 Å². The normalized spacial score (nSPS) is 15.0. The Balaban J connectivity index is 1.55. The molecule has 0 spiro atoms. The molecule has 0 bridgehead atoms. The molecule has 1 aliphatic rings. The molecule has 3 aromatic rings. The number of likely N-dealkylation sites (N-methyl/N-ethyl adjacent to an activating group) is 1. The first kappa shape index (κ1) is 24.3. The van der Waals surface area contributed by atoms with Gasteiger partial charge in [0.1, 0.15) is 0 Å². The number of rotatable bonds is 6. The number of carbonyl (C=O) groups excluding carboxylic acids is 2. The zero-order chi connectivity index (χ0) is 25.2. The summed E-state index contributed by atoms with van der Waals surface area (Å²) >= 11 is 0. The van der Waals surface area contributed by atoms with Crippen LogP contribution in [0.15, 0.2) is 59.6 Å². The topological polar surface area (TPSA) is 165 Å². The Morgan fingerprint density at radius 2 is 1.71 bits per heavy atom. The standard InChI is InChI=1S/C23H25N7O4S/c1-29-9-11-30(12-10-29)35(33,34)18-7-5-15(6-8-18)19-14-26-21(24)20(28-19)23(32)27-17-4-2-3-16(13-17)22(25)31/h2-8,13-14H,9-12H2,1H3,(H2,24,26)(H2,25,31)(H,27,32). The van der Waals surface area contributed by atoms with Crippen molar-refractivity contribution in [2.75, 3.05) is 44.3 Å². The number of carbonyl (C=O) groups is 2. The zero-order valence-electron chi connectivity index (χ0n) is 19.0. The van der Waals surface area contributed by atoms with Crippen LogP contribution in [0.4, 0.5) is 11.5 Å². The molecule has 35 heavy (non-hydrogen) atoms. The van der Waals surface area contributed by atoms with Crippen LogP contribution in [-0.2, 0) is 10.0 Å². The van der Waals surface area contributed by atoms with Crippen LogP contribution in [0.1, 0.15) is 20.8 Å². The molecule has 1 aromatic heterocycles. The predicted molar refractivity (Wildman–Crippen MR) is 131 cm³/mol. The molecule has 1 saturated heterocycles. The van der Waals surface area contributed by atoms with E-state index < -0.39 is 21.8 Å². The first-order chi connectivity index (χ1) is 16.6. The van der Waals surface area contributed by atoms with Gasteiger partial charge in [0.15, 0.2) is 11.5 Å². The van der Waals surface area contributed by atoms with Gasteiger partial charge in [-0.05, 0) is 37.4 Å². The average molecular weight is 496 g/mol. The van der Waals surface area contributed by atoms with E-state index in [1.807, 2.05) is 7.05 Å². The number of nitrogens with two attached hydrogens (primary N) is 2. The molecule has 1 fully saturated rings.